The molecule has 4 aromatic rings. The fraction of sp³-hybridized carbons (Fsp3) is 0.125. The highest BCUT2D eigenvalue weighted by atomic mass is 19.2. The van der Waals surface area contributed by atoms with Gasteiger partial charge in [0.2, 0.25) is 5.88 Å². The fourth-order valence-corrected chi connectivity index (χ4v) is 3.06. The number of fused-ring (bicyclic) bond motifs is 1. The lowest BCUT2D eigenvalue weighted by Crippen LogP contribution is -2.08. The Morgan fingerprint density at radius 3 is 2.56 bits per heavy atom. The third-order valence-corrected chi connectivity index (χ3v) is 4.62. The summed E-state index contributed by atoms with van der Waals surface area (Å²) in [5, 5.41) is 8.86. The molecule has 0 saturated heterocycles. The molecule has 162 valence electrons. The first-order valence-electron chi connectivity index (χ1n) is 9.76. The highest BCUT2D eigenvalue weighted by molar-refractivity contribution is 6.10. The minimum Gasteiger partial charge on any atom is -0.489 e. The molecule has 0 atom stereocenters. The number of hydrogen-bond acceptors (Lipinski definition) is 6. The highest BCUT2D eigenvalue weighted by Gasteiger charge is 2.20. The van der Waals surface area contributed by atoms with E-state index in [1.165, 1.54) is 24.4 Å². The van der Waals surface area contributed by atoms with Gasteiger partial charge in [0.15, 0.2) is 17.4 Å². The number of aliphatic hydroxyl groups excluding tert-OH is 1. The van der Waals surface area contributed by atoms with Crippen LogP contribution >= 0.6 is 0 Å². The SMILES string of the molecule is O=C(c1ccc2ncc(OCCO)nc2c1)c1cc(OCc2ccccc2)cc(F)c1F. The maximum absolute atomic E-state index is 14.5. The molecule has 4 rings (SSSR count). The predicted octanol–water partition coefficient (Wildman–Crippen LogP) is 4.09. The number of aromatic nitrogens is 2. The van der Waals surface area contributed by atoms with E-state index >= 15 is 0 Å². The van der Waals surface area contributed by atoms with Gasteiger partial charge in [0.1, 0.15) is 19.0 Å². The Labute approximate surface area is 182 Å². The van der Waals surface area contributed by atoms with Gasteiger partial charge < -0.3 is 14.6 Å². The molecule has 1 heterocycles. The normalized spacial score (nSPS) is 10.8. The first-order valence-corrected chi connectivity index (χ1v) is 9.76. The van der Waals surface area contributed by atoms with E-state index in [0.29, 0.717) is 11.0 Å². The van der Waals surface area contributed by atoms with Crippen molar-refractivity contribution < 1.29 is 28.2 Å². The Morgan fingerprint density at radius 1 is 0.969 bits per heavy atom. The van der Waals surface area contributed by atoms with Crippen LogP contribution in [0.1, 0.15) is 21.5 Å². The Kier molecular flexibility index (Phi) is 6.32. The molecule has 8 heteroatoms. The summed E-state index contributed by atoms with van der Waals surface area (Å²) in [5.74, 6) is -2.95. The highest BCUT2D eigenvalue weighted by Crippen LogP contribution is 2.25. The topological polar surface area (TPSA) is 81.5 Å². The van der Waals surface area contributed by atoms with Crippen LogP contribution < -0.4 is 9.47 Å². The maximum Gasteiger partial charge on any atom is 0.232 e. The van der Waals surface area contributed by atoms with E-state index in [9.17, 15) is 13.6 Å². The second-order valence-electron chi connectivity index (χ2n) is 6.85. The molecule has 1 N–H and O–H groups in total. The van der Waals surface area contributed by atoms with Gasteiger partial charge in [-0.2, -0.15) is 0 Å². The van der Waals surface area contributed by atoms with Gasteiger partial charge in [-0.3, -0.25) is 4.79 Å². The quantitative estimate of drug-likeness (QED) is 0.419. The van der Waals surface area contributed by atoms with E-state index in [-0.39, 0.29) is 37.0 Å². The number of hydrogen-bond donors (Lipinski definition) is 1. The average molecular weight is 436 g/mol. The number of carbonyl (C=O) groups is 1. The summed E-state index contributed by atoms with van der Waals surface area (Å²) >= 11 is 0. The van der Waals surface area contributed by atoms with Crippen LogP contribution in [0.4, 0.5) is 8.78 Å². The molecule has 6 nitrogen and oxygen atoms in total. The summed E-state index contributed by atoms with van der Waals surface area (Å²) in [6.45, 7) is -0.00738. The van der Waals surface area contributed by atoms with E-state index in [1.54, 1.807) is 6.07 Å². The van der Waals surface area contributed by atoms with Crippen molar-refractivity contribution in [3.63, 3.8) is 0 Å². The Morgan fingerprint density at radius 2 is 1.78 bits per heavy atom. The summed E-state index contributed by atoms with van der Waals surface area (Å²) in [6.07, 6.45) is 1.39. The van der Waals surface area contributed by atoms with Crippen LogP contribution in [0.2, 0.25) is 0 Å². The predicted molar refractivity (Wildman–Crippen MR) is 113 cm³/mol. The molecule has 0 radical (unpaired) electrons. The van der Waals surface area contributed by atoms with Crippen LogP contribution in [0.25, 0.3) is 11.0 Å². The van der Waals surface area contributed by atoms with Crippen LogP contribution in [0.3, 0.4) is 0 Å². The largest absolute Gasteiger partial charge is 0.489 e. The van der Waals surface area contributed by atoms with Gasteiger partial charge in [-0.15, -0.1) is 0 Å². The van der Waals surface area contributed by atoms with Gasteiger partial charge in [0.25, 0.3) is 0 Å². The van der Waals surface area contributed by atoms with Gasteiger partial charge in [-0.05, 0) is 29.8 Å². The van der Waals surface area contributed by atoms with Gasteiger partial charge in [-0.25, -0.2) is 18.7 Å². The first-order chi connectivity index (χ1) is 15.5. The van der Waals surface area contributed by atoms with Crippen molar-refractivity contribution in [3.05, 3.63) is 95.2 Å². The van der Waals surface area contributed by atoms with E-state index in [4.69, 9.17) is 14.6 Å². The van der Waals surface area contributed by atoms with Crippen LogP contribution in [0, 0.1) is 11.6 Å². The van der Waals surface area contributed by atoms with Gasteiger partial charge in [0, 0.05) is 11.6 Å². The average Bonchev–Trinajstić information content (AvgIpc) is 2.83. The number of halogens is 2. The summed E-state index contributed by atoms with van der Waals surface area (Å²) in [6, 6.07) is 15.7. The van der Waals surface area contributed by atoms with Crippen LogP contribution in [-0.4, -0.2) is 34.1 Å². The first kappa shape index (κ1) is 21.3. The number of carbonyl (C=O) groups excluding carboxylic acids is 1. The molecule has 0 saturated carbocycles. The molecule has 0 unspecified atom stereocenters. The lowest BCUT2D eigenvalue weighted by molar-refractivity contribution is 0.103. The summed E-state index contributed by atoms with van der Waals surface area (Å²) in [7, 11) is 0. The van der Waals surface area contributed by atoms with Crippen LogP contribution in [0.5, 0.6) is 11.6 Å². The van der Waals surface area contributed by atoms with Crippen molar-refractivity contribution in [2.24, 2.45) is 0 Å². The fourth-order valence-electron chi connectivity index (χ4n) is 3.06. The molecule has 3 aromatic carbocycles. The Balaban J connectivity index is 1.62. The molecule has 0 spiro atoms. The molecule has 0 amide bonds. The number of ether oxygens (including phenoxy) is 2. The van der Waals surface area contributed by atoms with Gasteiger partial charge in [0.05, 0.1) is 29.4 Å². The second kappa shape index (κ2) is 9.49. The zero-order chi connectivity index (χ0) is 22.5. The van der Waals surface area contributed by atoms with Crippen molar-refractivity contribution in [2.45, 2.75) is 6.61 Å². The molecule has 0 bridgehead atoms. The zero-order valence-electron chi connectivity index (χ0n) is 16.8. The van der Waals surface area contributed by atoms with Gasteiger partial charge >= 0.3 is 0 Å². The third kappa shape index (κ3) is 4.70. The van der Waals surface area contributed by atoms with Crippen molar-refractivity contribution >= 4 is 16.8 Å². The minimum absolute atomic E-state index is 0.0383. The Hall–Kier alpha value is -3.91. The summed E-state index contributed by atoms with van der Waals surface area (Å²) in [5.41, 5.74) is 1.32. The molecular formula is C24H18F2N2O4. The summed E-state index contributed by atoms with van der Waals surface area (Å²) < 4.78 is 39.5. The number of rotatable bonds is 8. The zero-order valence-corrected chi connectivity index (χ0v) is 16.8. The van der Waals surface area contributed by atoms with Crippen molar-refractivity contribution in [3.8, 4) is 11.6 Å². The molecule has 32 heavy (non-hydrogen) atoms. The molecule has 0 aliphatic heterocycles. The standard InChI is InChI=1S/C24H18F2N2O4/c25-19-12-17(32-14-15-4-2-1-3-5-15)11-18(23(19)26)24(30)16-6-7-20-21(10-16)28-22(13-27-20)31-9-8-29/h1-7,10-13,29H,8-9,14H2. The van der Waals surface area contributed by atoms with Crippen molar-refractivity contribution in [1.29, 1.82) is 0 Å². The lowest BCUT2D eigenvalue weighted by Gasteiger charge is -2.10. The van der Waals surface area contributed by atoms with Gasteiger partial charge in [-0.1, -0.05) is 30.3 Å². The lowest BCUT2D eigenvalue weighted by atomic mass is 10.0. The number of ketones is 1. The second-order valence-corrected chi connectivity index (χ2v) is 6.85. The minimum atomic E-state index is -1.26. The smallest absolute Gasteiger partial charge is 0.232 e. The number of aliphatic hydroxyl groups is 1. The van der Waals surface area contributed by atoms with E-state index in [0.717, 1.165) is 11.6 Å². The molecule has 0 fully saturated rings. The molecule has 1 aromatic heterocycles. The number of nitrogens with zero attached hydrogens (tertiary/aromatic N) is 2. The van der Waals surface area contributed by atoms with Crippen molar-refractivity contribution in [2.75, 3.05) is 13.2 Å². The molecule has 0 aliphatic carbocycles. The molecule has 0 aliphatic rings. The van der Waals surface area contributed by atoms with Crippen LogP contribution in [0.15, 0.2) is 66.9 Å². The van der Waals surface area contributed by atoms with E-state index in [1.807, 2.05) is 30.3 Å². The van der Waals surface area contributed by atoms with E-state index in [2.05, 4.69) is 9.97 Å². The summed E-state index contributed by atoms with van der Waals surface area (Å²) in [4.78, 5) is 21.4. The monoisotopic (exact) mass is 436 g/mol. The Bertz CT molecular complexity index is 1270. The third-order valence-electron chi connectivity index (χ3n) is 4.62. The molecular weight excluding hydrogens is 418 g/mol. The number of benzene rings is 3. The van der Waals surface area contributed by atoms with Crippen molar-refractivity contribution in [1.82, 2.24) is 9.97 Å². The van der Waals surface area contributed by atoms with Crippen LogP contribution in [-0.2, 0) is 6.61 Å². The maximum atomic E-state index is 14.5. The van der Waals surface area contributed by atoms with E-state index < -0.39 is 23.0 Å².